The van der Waals surface area contributed by atoms with E-state index in [-0.39, 0.29) is 24.2 Å². The summed E-state index contributed by atoms with van der Waals surface area (Å²) in [6.45, 7) is 1.78. The number of rotatable bonds is 3. The van der Waals surface area contributed by atoms with Crippen LogP contribution in [0.25, 0.3) is 0 Å². The van der Waals surface area contributed by atoms with Gasteiger partial charge in [-0.25, -0.2) is 4.79 Å². The molecule has 0 saturated carbocycles. The van der Waals surface area contributed by atoms with Crippen LogP contribution in [0.4, 0.5) is 0 Å². The SMILES string of the molecule is COC(=O)C1=C(C)N(C)C(=O)C[C@H]1c1ccc(SC)cc1. The van der Waals surface area contributed by atoms with Gasteiger partial charge in [0.15, 0.2) is 0 Å². The maximum Gasteiger partial charge on any atom is 0.336 e. The van der Waals surface area contributed by atoms with Gasteiger partial charge in [0.1, 0.15) is 0 Å². The topological polar surface area (TPSA) is 46.6 Å². The average Bonchev–Trinajstić information content (AvgIpc) is 2.51. The highest BCUT2D eigenvalue weighted by Gasteiger charge is 2.35. The summed E-state index contributed by atoms with van der Waals surface area (Å²) >= 11 is 1.66. The fraction of sp³-hybridized carbons (Fsp3) is 0.375. The number of carbonyl (C=O) groups excluding carboxylic acids is 2. The lowest BCUT2D eigenvalue weighted by molar-refractivity contribution is -0.137. The minimum absolute atomic E-state index is 0.0131. The molecule has 0 aliphatic carbocycles. The van der Waals surface area contributed by atoms with E-state index in [4.69, 9.17) is 4.74 Å². The first kappa shape index (κ1) is 15.6. The molecule has 0 spiro atoms. The normalized spacial score (nSPS) is 19.0. The summed E-state index contributed by atoms with van der Waals surface area (Å²) in [5, 5.41) is 0. The van der Waals surface area contributed by atoms with E-state index in [1.54, 1.807) is 25.7 Å². The van der Waals surface area contributed by atoms with Crippen molar-refractivity contribution in [2.24, 2.45) is 0 Å². The lowest BCUT2D eigenvalue weighted by atomic mass is 9.84. The van der Waals surface area contributed by atoms with Gasteiger partial charge in [-0.2, -0.15) is 0 Å². The first-order valence-corrected chi connectivity index (χ1v) is 7.91. The number of thioether (sulfide) groups is 1. The summed E-state index contributed by atoms with van der Waals surface area (Å²) in [7, 11) is 3.06. The van der Waals surface area contributed by atoms with Gasteiger partial charge in [0.05, 0.1) is 12.7 Å². The molecule has 0 N–H and O–H groups in total. The zero-order valence-electron chi connectivity index (χ0n) is 12.7. The molecule has 0 aromatic heterocycles. The van der Waals surface area contributed by atoms with Crippen LogP contribution >= 0.6 is 11.8 Å². The second-order valence-electron chi connectivity index (χ2n) is 4.97. The molecule has 21 heavy (non-hydrogen) atoms. The Hall–Kier alpha value is -1.75. The number of esters is 1. The van der Waals surface area contributed by atoms with Crippen LogP contribution in [0.3, 0.4) is 0 Å². The van der Waals surface area contributed by atoms with Crippen LogP contribution in [0.5, 0.6) is 0 Å². The number of ether oxygens (including phenoxy) is 1. The molecule has 0 radical (unpaired) electrons. The first-order valence-electron chi connectivity index (χ1n) is 6.69. The summed E-state index contributed by atoms with van der Waals surface area (Å²) in [6, 6.07) is 7.97. The molecule has 5 heteroatoms. The minimum atomic E-state index is -0.370. The van der Waals surface area contributed by atoms with Gasteiger partial charge in [-0.1, -0.05) is 12.1 Å². The monoisotopic (exact) mass is 305 g/mol. The number of allylic oxidation sites excluding steroid dienone is 1. The first-order chi connectivity index (χ1) is 9.99. The molecule has 1 aliphatic heterocycles. The Morgan fingerprint density at radius 3 is 2.48 bits per heavy atom. The number of benzene rings is 1. The summed E-state index contributed by atoms with van der Waals surface area (Å²) < 4.78 is 4.90. The Morgan fingerprint density at radius 2 is 1.95 bits per heavy atom. The van der Waals surface area contributed by atoms with Gasteiger partial charge in [0, 0.05) is 30.0 Å². The lowest BCUT2D eigenvalue weighted by Crippen LogP contribution is -2.35. The minimum Gasteiger partial charge on any atom is -0.466 e. The van der Waals surface area contributed by atoms with Crippen LogP contribution in [0.2, 0.25) is 0 Å². The van der Waals surface area contributed by atoms with Crippen LogP contribution in [-0.4, -0.2) is 37.2 Å². The Balaban J connectivity index is 2.48. The molecule has 4 nitrogen and oxygen atoms in total. The molecule has 0 fully saturated rings. The summed E-state index contributed by atoms with van der Waals surface area (Å²) in [6.07, 6.45) is 2.30. The van der Waals surface area contributed by atoms with Crippen LogP contribution in [0.1, 0.15) is 24.8 Å². The lowest BCUT2D eigenvalue weighted by Gasteiger charge is -2.31. The van der Waals surface area contributed by atoms with Crippen molar-refractivity contribution in [2.75, 3.05) is 20.4 Å². The summed E-state index contributed by atoms with van der Waals surface area (Å²) in [5.41, 5.74) is 2.20. The summed E-state index contributed by atoms with van der Waals surface area (Å²) in [5.74, 6) is -0.595. The van der Waals surface area contributed by atoms with Crippen LogP contribution in [0.15, 0.2) is 40.4 Å². The molecule has 0 unspecified atom stereocenters. The fourth-order valence-corrected chi connectivity index (χ4v) is 2.96. The molecule has 0 saturated heterocycles. The standard InChI is InChI=1S/C16H19NO3S/c1-10-15(16(19)20-3)13(9-14(18)17(10)2)11-5-7-12(21-4)8-6-11/h5-8,13H,9H2,1-4H3/t13-/m0/s1. The predicted molar refractivity (Wildman–Crippen MR) is 83.1 cm³/mol. The van der Waals surface area contributed by atoms with E-state index in [1.807, 2.05) is 30.5 Å². The molecule has 1 atom stereocenters. The van der Waals surface area contributed by atoms with Crippen molar-refractivity contribution in [1.82, 2.24) is 4.90 Å². The fourth-order valence-electron chi connectivity index (χ4n) is 2.55. The van der Waals surface area contributed by atoms with Crippen LogP contribution in [0, 0.1) is 0 Å². The molecule has 0 bridgehead atoms. The Kier molecular flexibility index (Phi) is 4.73. The van der Waals surface area contributed by atoms with E-state index < -0.39 is 0 Å². The molecular weight excluding hydrogens is 286 g/mol. The maximum absolute atomic E-state index is 12.1. The van der Waals surface area contributed by atoms with Crippen molar-refractivity contribution in [2.45, 2.75) is 24.2 Å². The number of amides is 1. The Morgan fingerprint density at radius 1 is 1.33 bits per heavy atom. The number of hydrogen-bond donors (Lipinski definition) is 0. The van der Waals surface area contributed by atoms with Crippen molar-refractivity contribution in [3.05, 3.63) is 41.1 Å². The molecule has 112 valence electrons. The third kappa shape index (κ3) is 2.97. The third-order valence-electron chi connectivity index (χ3n) is 3.92. The maximum atomic E-state index is 12.1. The van der Waals surface area contributed by atoms with E-state index in [9.17, 15) is 9.59 Å². The number of nitrogens with zero attached hydrogens (tertiary/aromatic N) is 1. The molecule has 1 aromatic rings. The second-order valence-corrected chi connectivity index (χ2v) is 5.85. The predicted octanol–water partition coefficient (Wildman–Crippen LogP) is 2.80. The molecule has 1 amide bonds. The summed E-state index contributed by atoms with van der Waals surface area (Å²) in [4.78, 5) is 26.9. The molecule has 2 rings (SSSR count). The largest absolute Gasteiger partial charge is 0.466 e. The van der Waals surface area contributed by atoms with Crippen LogP contribution < -0.4 is 0 Å². The quantitative estimate of drug-likeness (QED) is 0.636. The van der Waals surface area contributed by atoms with Gasteiger partial charge in [-0.05, 0) is 30.9 Å². The molecule has 1 heterocycles. The van der Waals surface area contributed by atoms with E-state index in [0.29, 0.717) is 11.3 Å². The van der Waals surface area contributed by atoms with E-state index in [0.717, 1.165) is 10.5 Å². The molecular formula is C16H19NO3S. The molecule has 1 aliphatic rings. The van der Waals surface area contributed by atoms with Gasteiger partial charge >= 0.3 is 5.97 Å². The van der Waals surface area contributed by atoms with Gasteiger partial charge in [0.2, 0.25) is 5.91 Å². The van der Waals surface area contributed by atoms with Gasteiger partial charge in [-0.3, -0.25) is 4.79 Å². The van der Waals surface area contributed by atoms with Gasteiger partial charge in [0.25, 0.3) is 0 Å². The average molecular weight is 305 g/mol. The number of carbonyl (C=O) groups is 2. The van der Waals surface area contributed by atoms with Crippen molar-refractivity contribution in [3.63, 3.8) is 0 Å². The van der Waals surface area contributed by atoms with E-state index in [2.05, 4.69) is 0 Å². The van der Waals surface area contributed by atoms with Crippen molar-refractivity contribution < 1.29 is 14.3 Å². The van der Waals surface area contributed by atoms with E-state index >= 15 is 0 Å². The van der Waals surface area contributed by atoms with E-state index in [1.165, 1.54) is 12.0 Å². The van der Waals surface area contributed by atoms with Crippen molar-refractivity contribution in [3.8, 4) is 0 Å². The van der Waals surface area contributed by atoms with Gasteiger partial charge in [-0.15, -0.1) is 11.8 Å². The highest BCUT2D eigenvalue weighted by molar-refractivity contribution is 7.98. The van der Waals surface area contributed by atoms with Crippen molar-refractivity contribution in [1.29, 1.82) is 0 Å². The highest BCUT2D eigenvalue weighted by Crippen LogP contribution is 2.36. The second kappa shape index (κ2) is 6.35. The number of methoxy groups -OCH3 is 1. The molecule has 1 aromatic carbocycles. The Bertz CT molecular complexity index is 592. The van der Waals surface area contributed by atoms with Crippen molar-refractivity contribution >= 4 is 23.6 Å². The van der Waals surface area contributed by atoms with Gasteiger partial charge < -0.3 is 9.64 Å². The van der Waals surface area contributed by atoms with Crippen LogP contribution in [-0.2, 0) is 14.3 Å². The third-order valence-corrected chi connectivity index (χ3v) is 4.66. The zero-order valence-corrected chi connectivity index (χ0v) is 13.5. The Labute approximate surface area is 129 Å². The number of hydrogen-bond acceptors (Lipinski definition) is 4. The zero-order chi connectivity index (χ0) is 15.6. The smallest absolute Gasteiger partial charge is 0.336 e. The highest BCUT2D eigenvalue weighted by atomic mass is 32.2.